The molecule has 3 rings (SSSR count). The van der Waals surface area contributed by atoms with Gasteiger partial charge in [0.05, 0.1) is 6.10 Å². The molecule has 1 aliphatic rings. The van der Waals surface area contributed by atoms with Gasteiger partial charge in [-0.05, 0) is 41.4 Å². The second-order valence-corrected chi connectivity index (χ2v) is 6.67. The molecule has 0 radical (unpaired) electrons. The maximum atomic E-state index is 10.7. The standard InChI is InChI=1S/C20H24O/c1-20(13-5-6-14-20)19(21)18-11-9-17(10-12-18)15-16-7-3-2-4-8-16/h2-4,7-12,19,21H,5-6,13-15H2,1H3. The molecule has 0 bridgehead atoms. The zero-order chi connectivity index (χ0) is 14.7. The predicted octanol–water partition coefficient (Wildman–Crippen LogP) is 4.89. The van der Waals surface area contributed by atoms with E-state index in [9.17, 15) is 5.11 Å². The molecule has 2 aromatic carbocycles. The van der Waals surface area contributed by atoms with Gasteiger partial charge in [0, 0.05) is 0 Å². The predicted molar refractivity (Wildman–Crippen MR) is 87.2 cm³/mol. The molecule has 0 amide bonds. The number of hydrogen-bond donors (Lipinski definition) is 1. The van der Waals surface area contributed by atoms with E-state index in [2.05, 4.69) is 55.5 Å². The van der Waals surface area contributed by atoms with Crippen molar-refractivity contribution in [1.82, 2.24) is 0 Å². The van der Waals surface area contributed by atoms with Crippen LogP contribution in [0.25, 0.3) is 0 Å². The highest BCUT2D eigenvalue weighted by molar-refractivity contribution is 5.30. The van der Waals surface area contributed by atoms with Crippen molar-refractivity contribution in [2.24, 2.45) is 5.41 Å². The van der Waals surface area contributed by atoms with Crippen molar-refractivity contribution in [3.05, 3.63) is 71.3 Å². The van der Waals surface area contributed by atoms with Gasteiger partial charge in [0.15, 0.2) is 0 Å². The lowest BCUT2D eigenvalue weighted by atomic mass is 9.79. The van der Waals surface area contributed by atoms with Crippen LogP contribution in [0, 0.1) is 5.41 Å². The fourth-order valence-corrected chi connectivity index (χ4v) is 3.51. The van der Waals surface area contributed by atoms with E-state index in [-0.39, 0.29) is 11.5 Å². The summed E-state index contributed by atoms with van der Waals surface area (Å²) in [6, 6.07) is 19.0. The molecule has 1 heteroatoms. The second kappa shape index (κ2) is 6.03. The molecule has 1 saturated carbocycles. The van der Waals surface area contributed by atoms with E-state index in [0.29, 0.717) is 0 Å². The summed E-state index contributed by atoms with van der Waals surface area (Å²) in [5.41, 5.74) is 3.76. The minimum absolute atomic E-state index is 0.0704. The highest BCUT2D eigenvalue weighted by atomic mass is 16.3. The van der Waals surface area contributed by atoms with E-state index in [1.807, 2.05) is 6.07 Å². The Kier molecular flexibility index (Phi) is 4.12. The Hall–Kier alpha value is -1.60. The molecule has 1 aliphatic carbocycles. The van der Waals surface area contributed by atoms with Gasteiger partial charge in [-0.15, -0.1) is 0 Å². The topological polar surface area (TPSA) is 20.2 Å². The monoisotopic (exact) mass is 280 g/mol. The first-order chi connectivity index (χ1) is 10.2. The third kappa shape index (κ3) is 3.19. The lowest BCUT2D eigenvalue weighted by Gasteiger charge is -2.30. The average Bonchev–Trinajstić information content (AvgIpc) is 2.96. The SMILES string of the molecule is CC1(C(O)c2ccc(Cc3ccccc3)cc2)CCCC1. The van der Waals surface area contributed by atoms with E-state index in [1.54, 1.807) is 0 Å². The minimum Gasteiger partial charge on any atom is -0.388 e. The van der Waals surface area contributed by atoms with E-state index >= 15 is 0 Å². The van der Waals surface area contributed by atoms with Gasteiger partial charge in [-0.3, -0.25) is 0 Å². The van der Waals surface area contributed by atoms with E-state index < -0.39 is 0 Å². The summed E-state index contributed by atoms with van der Waals surface area (Å²) in [5, 5.41) is 10.7. The Morgan fingerprint density at radius 3 is 2.10 bits per heavy atom. The van der Waals surface area contributed by atoms with E-state index in [4.69, 9.17) is 0 Å². The molecule has 21 heavy (non-hydrogen) atoms. The lowest BCUT2D eigenvalue weighted by molar-refractivity contribution is 0.0408. The minimum atomic E-state index is -0.328. The Morgan fingerprint density at radius 1 is 0.905 bits per heavy atom. The van der Waals surface area contributed by atoms with Gasteiger partial charge >= 0.3 is 0 Å². The lowest BCUT2D eigenvalue weighted by Crippen LogP contribution is -2.21. The van der Waals surface area contributed by atoms with Crippen molar-refractivity contribution in [2.75, 3.05) is 0 Å². The molecule has 2 aromatic rings. The summed E-state index contributed by atoms with van der Waals surface area (Å²) in [6.07, 6.45) is 5.40. The molecule has 1 fully saturated rings. The summed E-state index contributed by atoms with van der Waals surface area (Å²) >= 11 is 0. The fourth-order valence-electron chi connectivity index (χ4n) is 3.51. The normalized spacial score (nSPS) is 18.6. The summed E-state index contributed by atoms with van der Waals surface area (Å²) in [5.74, 6) is 0. The summed E-state index contributed by atoms with van der Waals surface area (Å²) in [6.45, 7) is 2.22. The van der Waals surface area contributed by atoms with E-state index in [1.165, 1.54) is 24.0 Å². The van der Waals surface area contributed by atoms with Crippen LogP contribution in [-0.2, 0) is 6.42 Å². The van der Waals surface area contributed by atoms with Crippen LogP contribution in [0.15, 0.2) is 54.6 Å². The van der Waals surface area contributed by atoms with Crippen molar-refractivity contribution >= 4 is 0 Å². The molecule has 0 aromatic heterocycles. The quantitative estimate of drug-likeness (QED) is 0.845. The number of benzene rings is 2. The number of hydrogen-bond acceptors (Lipinski definition) is 1. The maximum Gasteiger partial charge on any atom is 0.0843 e. The molecule has 0 aliphatic heterocycles. The number of rotatable bonds is 4. The van der Waals surface area contributed by atoms with Crippen molar-refractivity contribution in [3.8, 4) is 0 Å². The summed E-state index contributed by atoms with van der Waals surface area (Å²) in [4.78, 5) is 0. The van der Waals surface area contributed by atoms with Crippen LogP contribution in [-0.4, -0.2) is 5.11 Å². The third-order valence-corrected chi connectivity index (χ3v) is 4.95. The first-order valence-electron chi connectivity index (χ1n) is 7.98. The van der Waals surface area contributed by atoms with Crippen LogP contribution < -0.4 is 0 Å². The molecule has 1 nitrogen and oxygen atoms in total. The maximum absolute atomic E-state index is 10.7. The van der Waals surface area contributed by atoms with Crippen LogP contribution in [0.1, 0.15) is 55.4 Å². The van der Waals surface area contributed by atoms with E-state index in [0.717, 1.165) is 24.8 Å². The van der Waals surface area contributed by atoms with Gasteiger partial charge in [0.25, 0.3) is 0 Å². The van der Waals surface area contributed by atoms with Crippen LogP contribution in [0.2, 0.25) is 0 Å². The molecular weight excluding hydrogens is 256 g/mol. The van der Waals surface area contributed by atoms with Gasteiger partial charge in [0.2, 0.25) is 0 Å². The number of aliphatic hydroxyl groups is 1. The first kappa shape index (κ1) is 14.3. The Labute approximate surface area is 127 Å². The van der Waals surface area contributed by atoms with Gasteiger partial charge in [-0.1, -0.05) is 74.4 Å². The van der Waals surface area contributed by atoms with Crippen LogP contribution >= 0.6 is 0 Å². The van der Waals surface area contributed by atoms with Crippen LogP contribution in [0.4, 0.5) is 0 Å². The average molecular weight is 280 g/mol. The van der Waals surface area contributed by atoms with Crippen molar-refractivity contribution < 1.29 is 5.11 Å². The van der Waals surface area contributed by atoms with Crippen molar-refractivity contribution in [1.29, 1.82) is 0 Å². The molecule has 0 heterocycles. The smallest absolute Gasteiger partial charge is 0.0843 e. The Balaban J connectivity index is 1.72. The highest BCUT2D eigenvalue weighted by Gasteiger charge is 2.36. The summed E-state index contributed by atoms with van der Waals surface area (Å²) in [7, 11) is 0. The highest BCUT2D eigenvalue weighted by Crippen LogP contribution is 2.47. The third-order valence-electron chi connectivity index (χ3n) is 4.95. The van der Waals surface area contributed by atoms with Crippen LogP contribution in [0.3, 0.4) is 0 Å². The van der Waals surface area contributed by atoms with Crippen LogP contribution in [0.5, 0.6) is 0 Å². The molecule has 1 unspecified atom stereocenters. The Morgan fingerprint density at radius 2 is 1.48 bits per heavy atom. The fraction of sp³-hybridized carbons (Fsp3) is 0.400. The van der Waals surface area contributed by atoms with Gasteiger partial charge in [0.1, 0.15) is 0 Å². The Bertz CT molecular complexity index is 565. The van der Waals surface area contributed by atoms with Gasteiger partial charge in [-0.25, -0.2) is 0 Å². The molecular formula is C20H24O. The number of aliphatic hydroxyl groups excluding tert-OH is 1. The molecule has 110 valence electrons. The van der Waals surface area contributed by atoms with Crippen molar-refractivity contribution in [3.63, 3.8) is 0 Å². The molecule has 0 saturated heterocycles. The molecule has 1 N–H and O–H groups in total. The zero-order valence-electron chi connectivity index (χ0n) is 12.8. The molecule has 1 atom stereocenters. The zero-order valence-corrected chi connectivity index (χ0v) is 12.8. The van der Waals surface area contributed by atoms with Gasteiger partial charge < -0.3 is 5.11 Å². The van der Waals surface area contributed by atoms with Gasteiger partial charge in [-0.2, -0.15) is 0 Å². The second-order valence-electron chi connectivity index (χ2n) is 6.67. The summed E-state index contributed by atoms with van der Waals surface area (Å²) < 4.78 is 0. The van der Waals surface area contributed by atoms with Crippen molar-refractivity contribution in [2.45, 2.75) is 45.1 Å². The molecule has 0 spiro atoms. The first-order valence-corrected chi connectivity index (χ1v) is 7.98. The largest absolute Gasteiger partial charge is 0.388 e.